The zero-order valence-electron chi connectivity index (χ0n) is 11.9. The predicted octanol–water partition coefficient (Wildman–Crippen LogP) is 2.69. The van der Waals surface area contributed by atoms with E-state index in [0.717, 1.165) is 32.3 Å². The van der Waals surface area contributed by atoms with Crippen molar-refractivity contribution in [2.45, 2.75) is 71.1 Å². The van der Waals surface area contributed by atoms with Gasteiger partial charge in [-0.25, -0.2) is 0 Å². The lowest BCUT2D eigenvalue weighted by Crippen LogP contribution is -2.30. The quantitative estimate of drug-likeness (QED) is 0.682. The summed E-state index contributed by atoms with van der Waals surface area (Å²) in [7, 11) is 1.68. The molecule has 0 saturated heterocycles. The van der Waals surface area contributed by atoms with Crippen LogP contribution in [0.5, 0.6) is 0 Å². The molecule has 4 atom stereocenters. The summed E-state index contributed by atoms with van der Waals surface area (Å²) in [5.74, 6) is 0.525. The zero-order chi connectivity index (χ0) is 13.4. The van der Waals surface area contributed by atoms with Gasteiger partial charge in [-0.05, 0) is 38.0 Å². The van der Waals surface area contributed by atoms with Crippen LogP contribution in [-0.4, -0.2) is 37.5 Å². The van der Waals surface area contributed by atoms with Gasteiger partial charge < -0.3 is 19.3 Å². The normalized spacial score (nSPS) is 28.0. The fourth-order valence-corrected chi connectivity index (χ4v) is 2.43. The highest BCUT2D eigenvalue weighted by Crippen LogP contribution is 2.27. The first-order valence-electron chi connectivity index (χ1n) is 7.17. The highest BCUT2D eigenvalue weighted by molar-refractivity contribution is 4.73. The Labute approximate surface area is 111 Å². The van der Waals surface area contributed by atoms with Crippen LogP contribution in [0.1, 0.15) is 52.4 Å². The maximum absolute atomic E-state index is 9.52. The summed E-state index contributed by atoms with van der Waals surface area (Å²) in [5.41, 5.74) is 0. The van der Waals surface area contributed by atoms with Crippen molar-refractivity contribution in [3.63, 3.8) is 0 Å². The summed E-state index contributed by atoms with van der Waals surface area (Å²) in [6.45, 7) is 4.71. The third-order valence-electron chi connectivity index (χ3n) is 3.55. The molecule has 0 aromatic rings. The smallest absolute Gasteiger partial charge is 0.156 e. The number of aliphatic hydroxyl groups excluding tert-OH is 1. The van der Waals surface area contributed by atoms with E-state index in [2.05, 4.69) is 6.92 Å². The molecule has 1 fully saturated rings. The molecule has 1 aliphatic carbocycles. The second kappa shape index (κ2) is 8.86. The van der Waals surface area contributed by atoms with E-state index in [1.165, 1.54) is 6.42 Å². The Balaban J connectivity index is 2.25. The number of hydrogen-bond acceptors (Lipinski definition) is 4. The minimum Gasteiger partial charge on any atom is -0.368 e. The molecule has 0 aliphatic heterocycles. The van der Waals surface area contributed by atoms with Crippen LogP contribution in [0, 0.1) is 5.92 Å². The van der Waals surface area contributed by atoms with Gasteiger partial charge in [-0.1, -0.05) is 20.3 Å². The van der Waals surface area contributed by atoms with E-state index >= 15 is 0 Å². The van der Waals surface area contributed by atoms with E-state index in [0.29, 0.717) is 12.3 Å². The average molecular weight is 260 g/mol. The molecular weight excluding hydrogens is 232 g/mol. The van der Waals surface area contributed by atoms with Crippen molar-refractivity contribution in [1.29, 1.82) is 0 Å². The fraction of sp³-hybridized carbons (Fsp3) is 1.00. The van der Waals surface area contributed by atoms with E-state index in [-0.39, 0.29) is 12.4 Å². The maximum Gasteiger partial charge on any atom is 0.156 e. The lowest BCUT2D eigenvalue weighted by molar-refractivity contribution is -0.163. The number of hydrogen-bond donors (Lipinski definition) is 1. The van der Waals surface area contributed by atoms with Crippen molar-refractivity contribution in [2.24, 2.45) is 5.92 Å². The number of aliphatic hydroxyl groups is 1. The van der Waals surface area contributed by atoms with Gasteiger partial charge in [0.1, 0.15) is 0 Å². The largest absolute Gasteiger partial charge is 0.368 e. The van der Waals surface area contributed by atoms with E-state index < -0.39 is 6.29 Å². The third-order valence-corrected chi connectivity index (χ3v) is 3.55. The van der Waals surface area contributed by atoms with Crippen LogP contribution in [-0.2, 0) is 14.2 Å². The van der Waals surface area contributed by atoms with Gasteiger partial charge >= 0.3 is 0 Å². The first-order valence-corrected chi connectivity index (χ1v) is 7.17. The summed E-state index contributed by atoms with van der Waals surface area (Å²) in [6, 6.07) is 0. The Morgan fingerprint density at radius 2 is 2.00 bits per heavy atom. The third kappa shape index (κ3) is 5.65. The Bertz CT molecular complexity index is 206. The molecule has 1 rings (SSSR count). The van der Waals surface area contributed by atoms with Crippen LogP contribution in [0.3, 0.4) is 0 Å². The molecule has 108 valence electrons. The predicted molar refractivity (Wildman–Crippen MR) is 70.2 cm³/mol. The number of methoxy groups -OCH3 is 1. The molecule has 0 aromatic carbocycles. The summed E-state index contributed by atoms with van der Waals surface area (Å²) in [4.78, 5) is 0. The molecule has 0 amide bonds. The van der Waals surface area contributed by atoms with Gasteiger partial charge in [0.05, 0.1) is 12.7 Å². The van der Waals surface area contributed by atoms with Crippen LogP contribution in [0.4, 0.5) is 0 Å². The standard InChI is InChI=1S/C14H28O4/c1-4-13(15)18-12-8-6-7-11(9-12)10-17-14(5-2)16-3/h11-15H,4-10H2,1-3H3. The average Bonchev–Trinajstić information content (AvgIpc) is 2.40. The molecule has 0 aromatic heterocycles. The van der Waals surface area contributed by atoms with E-state index in [1.807, 2.05) is 6.92 Å². The van der Waals surface area contributed by atoms with Gasteiger partial charge in [0, 0.05) is 7.11 Å². The molecule has 18 heavy (non-hydrogen) atoms. The fourth-order valence-electron chi connectivity index (χ4n) is 2.43. The Morgan fingerprint density at radius 1 is 1.22 bits per heavy atom. The van der Waals surface area contributed by atoms with Gasteiger partial charge in [-0.15, -0.1) is 0 Å². The molecule has 0 bridgehead atoms. The van der Waals surface area contributed by atoms with Gasteiger partial charge in [-0.3, -0.25) is 0 Å². The van der Waals surface area contributed by atoms with Crippen molar-refractivity contribution in [1.82, 2.24) is 0 Å². The van der Waals surface area contributed by atoms with Gasteiger partial charge in [-0.2, -0.15) is 0 Å². The van der Waals surface area contributed by atoms with Crippen LogP contribution >= 0.6 is 0 Å². The minimum atomic E-state index is -0.614. The Morgan fingerprint density at radius 3 is 2.61 bits per heavy atom. The Hall–Kier alpha value is -0.160. The Kier molecular flexibility index (Phi) is 7.82. The highest BCUT2D eigenvalue weighted by atomic mass is 16.7. The summed E-state index contributed by atoms with van der Waals surface area (Å²) in [5, 5.41) is 9.52. The van der Waals surface area contributed by atoms with Crippen LogP contribution in [0.15, 0.2) is 0 Å². The minimum absolute atomic E-state index is 0.0903. The highest BCUT2D eigenvalue weighted by Gasteiger charge is 2.24. The lowest BCUT2D eigenvalue weighted by Gasteiger charge is -2.31. The van der Waals surface area contributed by atoms with Crippen molar-refractivity contribution in [2.75, 3.05) is 13.7 Å². The molecule has 4 heteroatoms. The van der Waals surface area contributed by atoms with E-state index in [4.69, 9.17) is 14.2 Å². The summed E-state index contributed by atoms with van der Waals surface area (Å²) < 4.78 is 16.5. The van der Waals surface area contributed by atoms with Gasteiger partial charge in [0.15, 0.2) is 12.6 Å². The molecular formula is C14H28O4. The van der Waals surface area contributed by atoms with Gasteiger partial charge in [0.2, 0.25) is 0 Å². The maximum atomic E-state index is 9.52. The van der Waals surface area contributed by atoms with E-state index in [1.54, 1.807) is 7.11 Å². The lowest BCUT2D eigenvalue weighted by atomic mass is 9.87. The first kappa shape index (κ1) is 15.9. The molecule has 4 nitrogen and oxygen atoms in total. The summed E-state index contributed by atoms with van der Waals surface area (Å²) in [6.07, 6.45) is 5.37. The van der Waals surface area contributed by atoms with Crippen molar-refractivity contribution < 1.29 is 19.3 Å². The van der Waals surface area contributed by atoms with E-state index in [9.17, 15) is 5.11 Å². The number of ether oxygens (including phenoxy) is 3. The SMILES string of the molecule is CCC(O)OC1CCCC(COC(CC)OC)C1. The molecule has 4 unspecified atom stereocenters. The second-order valence-electron chi connectivity index (χ2n) is 5.06. The van der Waals surface area contributed by atoms with Crippen molar-refractivity contribution in [3.05, 3.63) is 0 Å². The van der Waals surface area contributed by atoms with Crippen LogP contribution in [0.2, 0.25) is 0 Å². The second-order valence-corrected chi connectivity index (χ2v) is 5.06. The van der Waals surface area contributed by atoms with Crippen LogP contribution in [0.25, 0.3) is 0 Å². The molecule has 1 aliphatic rings. The van der Waals surface area contributed by atoms with Gasteiger partial charge in [0.25, 0.3) is 0 Å². The number of rotatable bonds is 8. The topological polar surface area (TPSA) is 47.9 Å². The molecule has 0 radical (unpaired) electrons. The zero-order valence-corrected chi connectivity index (χ0v) is 11.9. The van der Waals surface area contributed by atoms with Crippen molar-refractivity contribution in [3.8, 4) is 0 Å². The molecule has 0 heterocycles. The summed E-state index contributed by atoms with van der Waals surface area (Å²) >= 11 is 0. The molecule has 1 saturated carbocycles. The molecule has 0 spiro atoms. The molecule has 1 N–H and O–H groups in total. The van der Waals surface area contributed by atoms with Crippen LogP contribution < -0.4 is 0 Å². The first-order chi connectivity index (χ1) is 8.69. The van der Waals surface area contributed by atoms with Crippen molar-refractivity contribution >= 4 is 0 Å². The monoisotopic (exact) mass is 260 g/mol.